The van der Waals surface area contributed by atoms with Crippen molar-refractivity contribution in [3.63, 3.8) is 0 Å². The number of methoxy groups -OCH3 is 1. The Bertz CT molecular complexity index is 352. The molecule has 3 heteroatoms. The zero-order valence-electron chi connectivity index (χ0n) is 9.74. The van der Waals surface area contributed by atoms with Gasteiger partial charge in [0.05, 0.1) is 6.61 Å². The van der Waals surface area contributed by atoms with Crippen LogP contribution in [0.1, 0.15) is 30.0 Å². The molecule has 1 aliphatic carbocycles. The van der Waals surface area contributed by atoms with Crippen LogP contribution in [0.5, 0.6) is 5.75 Å². The maximum absolute atomic E-state index is 6.06. The van der Waals surface area contributed by atoms with Gasteiger partial charge in [0.1, 0.15) is 12.4 Å². The normalized spacial score (nSPS) is 19.2. The Balaban J connectivity index is 2.06. The molecule has 3 nitrogen and oxygen atoms in total. The third-order valence-electron chi connectivity index (χ3n) is 3.03. The molecule has 0 amide bonds. The molecule has 1 aliphatic rings. The van der Waals surface area contributed by atoms with Crippen LogP contribution in [-0.2, 0) is 11.2 Å². The van der Waals surface area contributed by atoms with Crippen molar-refractivity contribution in [2.45, 2.75) is 25.3 Å². The van der Waals surface area contributed by atoms with Gasteiger partial charge in [0.25, 0.3) is 0 Å². The van der Waals surface area contributed by atoms with Crippen molar-refractivity contribution in [2.75, 3.05) is 20.3 Å². The van der Waals surface area contributed by atoms with E-state index in [2.05, 4.69) is 12.1 Å². The summed E-state index contributed by atoms with van der Waals surface area (Å²) >= 11 is 0. The van der Waals surface area contributed by atoms with Crippen LogP contribution in [0.4, 0.5) is 0 Å². The van der Waals surface area contributed by atoms with Gasteiger partial charge >= 0.3 is 0 Å². The monoisotopic (exact) mass is 221 g/mol. The van der Waals surface area contributed by atoms with Crippen LogP contribution in [0.2, 0.25) is 0 Å². The minimum atomic E-state index is 0.205. The van der Waals surface area contributed by atoms with E-state index >= 15 is 0 Å². The lowest BCUT2D eigenvalue weighted by molar-refractivity contribution is 0.146. The highest BCUT2D eigenvalue weighted by Gasteiger charge is 2.16. The van der Waals surface area contributed by atoms with E-state index < -0.39 is 0 Å². The van der Waals surface area contributed by atoms with Gasteiger partial charge in [0, 0.05) is 13.2 Å². The Kier molecular flexibility index (Phi) is 3.80. The minimum Gasteiger partial charge on any atom is -0.491 e. The first-order chi connectivity index (χ1) is 7.81. The largest absolute Gasteiger partial charge is 0.491 e. The Morgan fingerprint density at radius 1 is 1.38 bits per heavy atom. The van der Waals surface area contributed by atoms with Gasteiger partial charge in [-0.1, -0.05) is 6.07 Å². The standard InChI is InChI=1S/C13H19NO2/c1-15-7-8-16-11-5-6-12-10(9-11)3-2-4-13(12)14/h5-6,9,13H,2-4,7-8,14H2,1H3. The van der Waals surface area contributed by atoms with Crippen molar-refractivity contribution in [3.8, 4) is 5.75 Å². The molecule has 16 heavy (non-hydrogen) atoms. The number of ether oxygens (including phenoxy) is 2. The summed E-state index contributed by atoms with van der Waals surface area (Å²) in [7, 11) is 1.68. The quantitative estimate of drug-likeness (QED) is 0.791. The lowest BCUT2D eigenvalue weighted by atomic mass is 9.88. The predicted octanol–water partition coefficient (Wildman–Crippen LogP) is 2.05. The Morgan fingerprint density at radius 3 is 3.06 bits per heavy atom. The highest BCUT2D eigenvalue weighted by molar-refractivity contribution is 5.38. The summed E-state index contributed by atoms with van der Waals surface area (Å²) in [5, 5.41) is 0. The van der Waals surface area contributed by atoms with Gasteiger partial charge in [0.2, 0.25) is 0 Å². The first-order valence-electron chi connectivity index (χ1n) is 5.81. The fourth-order valence-electron chi connectivity index (χ4n) is 2.16. The first-order valence-corrected chi connectivity index (χ1v) is 5.81. The molecule has 0 saturated heterocycles. The number of rotatable bonds is 4. The third kappa shape index (κ3) is 2.54. The lowest BCUT2D eigenvalue weighted by Crippen LogP contribution is -2.17. The van der Waals surface area contributed by atoms with Gasteiger partial charge in [-0.3, -0.25) is 0 Å². The molecule has 0 aliphatic heterocycles. The summed E-state index contributed by atoms with van der Waals surface area (Å²) in [6.45, 7) is 1.22. The van der Waals surface area contributed by atoms with Crippen LogP contribution in [0, 0.1) is 0 Å². The maximum atomic E-state index is 6.06. The number of hydrogen-bond acceptors (Lipinski definition) is 3. The first kappa shape index (κ1) is 11.4. The zero-order chi connectivity index (χ0) is 11.4. The topological polar surface area (TPSA) is 44.5 Å². The predicted molar refractivity (Wildman–Crippen MR) is 63.7 cm³/mol. The molecule has 0 fully saturated rings. The number of nitrogens with two attached hydrogens (primary N) is 1. The van der Waals surface area contributed by atoms with E-state index in [0.717, 1.165) is 18.6 Å². The average Bonchev–Trinajstić information content (AvgIpc) is 2.30. The van der Waals surface area contributed by atoms with Gasteiger partial charge in [-0.25, -0.2) is 0 Å². The molecule has 1 aromatic rings. The average molecular weight is 221 g/mol. The van der Waals surface area contributed by atoms with Crippen LogP contribution in [0.3, 0.4) is 0 Å². The summed E-state index contributed by atoms with van der Waals surface area (Å²) in [5.74, 6) is 0.921. The van der Waals surface area contributed by atoms with E-state index in [-0.39, 0.29) is 6.04 Å². The summed E-state index contributed by atoms with van der Waals surface area (Å²) in [6, 6.07) is 6.42. The molecule has 2 N–H and O–H groups in total. The van der Waals surface area contributed by atoms with E-state index in [1.54, 1.807) is 7.11 Å². The van der Waals surface area contributed by atoms with Gasteiger partial charge in [0.15, 0.2) is 0 Å². The third-order valence-corrected chi connectivity index (χ3v) is 3.03. The molecule has 88 valence electrons. The molecular formula is C13H19NO2. The fourth-order valence-corrected chi connectivity index (χ4v) is 2.16. The molecule has 0 radical (unpaired) electrons. The zero-order valence-corrected chi connectivity index (χ0v) is 9.74. The maximum Gasteiger partial charge on any atom is 0.119 e. The van der Waals surface area contributed by atoms with E-state index in [0.29, 0.717) is 13.2 Å². The van der Waals surface area contributed by atoms with Crippen LogP contribution >= 0.6 is 0 Å². The molecule has 1 atom stereocenters. The second-order valence-corrected chi connectivity index (χ2v) is 4.20. The SMILES string of the molecule is COCCOc1ccc2c(c1)CCCC2N. The van der Waals surface area contributed by atoms with E-state index in [1.165, 1.54) is 17.5 Å². The van der Waals surface area contributed by atoms with E-state index in [9.17, 15) is 0 Å². The van der Waals surface area contributed by atoms with Crippen LogP contribution in [-0.4, -0.2) is 20.3 Å². The number of aryl methyl sites for hydroxylation is 1. The van der Waals surface area contributed by atoms with Crippen molar-refractivity contribution in [1.82, 2.24) is 0 Å². The molecule has 1 unspecified atom stereocenters. The van der Waals surface area contributed by atoms with Gasteiger partial charge in [-0.15, -0.1) is 0 Å². The van der Waals surface area contributed by atoms with Gasteiger partial charge in [-0.2, -0.15) is 0 Å². The molecule has 0 heterocycles. The van der Waals surface area contributed by atoms with Crippen LogP contribution in [0.15, 0.2) is 18.2 Å². The van der Waals surface area contributed by atoms with Crippen molar-refractivity contribution in [1.29, 1.82) is 0 Å². The van der Waals surface area contributed by atoms with Crippen LogP contribution < -0.4 is 10.5 Å². The molecule has 2 rings (SSSR count). The minimum absolute atomic E-state index is 0.205. The Hall–Kier alpha value is -1.06. The smallest absolute Gasteiger partial charge is 0.119 e. The lowest BCUT2D eigenvalue weighted by Gasteiger charge is -2.22. The highest BCUT2D eigenvalue weighted by atomic mass is 16.5. The number of fused-ring (bicyclic) bond motifs is 1. The Morgan fingerprint density at radius 2 is 2.25 bits per heavy atom. The molecule has 0 aromatic heterocycles. The van der Waals surface area contributed by atoms with Crippen molar-refractivity contribution < 1.29 is 9.47 Å². The fraction of sp³-hybridized carbons (Fsp3) is 0.538. The second-order valence-electron chi connectivity index (χ2n) is 4.20. The summed E-state index contributed by atoms with van der Waals surface area (Å²) in [4.78, 5) is 0. The number of benzene rings is 1. The molecule has 1 aromatic carbocycles. The Labute approximate surface area is 96.5 Å². The van der Waals surface area contributed by atoms with Crippen molar-refractivity contribution >= 4 is 0 Å². The summed E-state index contributed by atoms with van der Waals surface area (Å²) in [6.07, 6.45) is 3.39. The molecule has 0 spiro atoms. The summed E-state index contributed by atoms with van der Waals surface area (Å²) in [5.41, 5.74) is 8.68. The van der Waals surface area contributed by atoms with Gasteiger partial charge < -0.3 is 15.2 Å². The van der Waals surface area contributed by atoms with Crippen molar-refractivity contribution in [2.24, 2.45) is 5.73 Å². The molecular weight excluding hydrogens is 202 g/mol. The number of hydrogen-bond donors (Lipinski definition) is 1. The summed E-state index contributed by atoms with van der Waals surface area (Å²) < 4.78 is 10.5. The van der Waals surface area contributed by atoms with Crippen LogP contribution in [0.25, 0.3) is 0 Å². The molecule has 0 bridgehead atoms. The van der Waals surface area contributed by atoms with Gasteiger partial charge in [-0.05, 0) is 42.5 Å². The second kappa shape index (κ2) is 5.32. The highest BCUT2D eigenvalue weighted by Crippen LogP contribution is 2.30. The van der Waals surface area contributed by atoms with E-state index in [4.69, 9.17) is 15.2 Å². The van der Waals surface area contributed by atoms with Crippen molar-refractivity contribution in [3.05, 3.63) is 29.3 Å². The molecule has 0 saturated carbocycles. The van der Waals surface area contributed by atoms with E-state index in [1.807, 2.05) is 6.07 Å².